The molecule has 0 saturated carbocycles. The zero-order valence-electron chi connectivity index (χ0n) is 21.8. The summed E-state index contributed by atoms with van der Waals surface area (Å²) in [6.07, 6.45) is 0. The highest BCUT2D eigenvalue weighted by atomic mass is 19.1. The van der Waals surface area contributed by atoms with E-state index in [1.54, 1.807) is 6.07 Å². The summed E-state index contributed by atoms with van der Waals surface area (Å²) in [7, 11) is 1.88. The highest BCUT2D eigenvalue weighted by molar-refractivity contribution is 5.75. The van der Waals surface area contributed by atoms with Crippen LogP contribution in [0.1, 0.15) is 49.9 Å². The number of nitrogens with zero attached hydrogens (tertiary/aromatic N) is 2. The van der Waals surface area contributed by atoms with E-state index in [1.807, 2.05) is 25.2 Å². The molecule has 6 heteroatoms. The van der Waals surface area contributed by atoms with Gasteiger partial charge in [-0.3, -0.25) is 4.90 Å². The molecule has 0 radical (unpaired) electrons. The van der Waals surface area contributed by atoms with Gasteiger partial charge in [0.1, 0.15) is 5.82 Å². The second-order valence-electron chi connectivity index (χ2n) is 11.0. The third-order valence-corrected chi connectivity index (χ3v) is 6.70. The standard InChI is InChI=1S/C29H39FN4O/c1-20(31-7)15-34-17-25-24(21(34)2)9-8-10-27(25)32-14-23-13-22(11-12-26(23)30)16-33-18-28(3,4)35-29(5,6)19-33/h8-13,31-32H,1-2,14-19H2,3-7H3. The summed E-state index contributed by atoms with van der Waals surface area (Å²) in [5, 5.41) is 6.59. The minimum absolute atomic E-state index is 0.187. The molecule has 2 aromatic carbocycles. The van der Waals surface area contributed by atoms with Crippen LogP contribution in [-0.4, -0.2) is 47.7 Å². The lowest BCUT2D eigenvalue weighted by Crippen LogP contribution is -2.56. The quantitative estimate of drug-likeness (QED) is 0.536. The van der Waals surface area contributed by atoms with Gasteiger partial charge >= 0.3 is 0 Å². The van der Waals surface area contributed by atoms with Gasteiger partial charge in [0, 0.05) is 73.5 Å². The van der Waals surface area contributed by atoms with Crippen LogP contribution < -0.4 is 10.6 Å². The minimum Gasteiger partial charge on any atom is -0.390 e. The summed E-state index contributed by atoms with van der Waals surface area (Å²) >= 11 is 0. The fraction of sp³-hybridized carbons (Fsp3) is 0.448. The molecule has 0 unspecified atom stereocenters. The molecule has 2 aromatic rings. The molecule has 2 aliphatic rings. The lowest BCUT2D eigenvalue weighted by Gasteiger charge is -2.47. The van der Waals surface area contributed by atoms with Crippen molar-refractivity contribution in [2.45, 2.75) is 58.5 Å². The lowest BCUT2D eigenvalue weighted by molar-refractivity contribution is -0.182. The Labute approximate surface area is 209 Å². The fourth-order valence-electron chi connectivity index (χ4n) is 5.48. The van der Waals surface area contributed by atoms with Crippen LogP contribution in [0.3, 0.4) is 0 Å². The minimum atomic E-state index is -0.211. The van der Waals surface area contributed by atoms with E-state index in [1.165, 1.54) is 5.56 Å². The average molecular weight is 479 g/mol. The van der Waals surface area contributed by atoms with Gasteiger partial charge in [0.15, 0.2) is 0 Å². The first-order chi connectivity index (χ1) is 16.5. The first kappa shape index (κ1) is 25.3. The van der Waals surface area contributed by atoms with E-state index in [0.717, 1.165) is 54.4 Å². The molecule has 5 nitrogen and oxygen atoms in total. The smallest absolute Gasteiger partial charge is 0.128 e. The number of anilines is 1. The van der Waals surface area contributed by atoms with Crippen molar-refractivity contribution in [2.24, 2.45) is 0 Å². The van der Waals surface area contributed by atoms with Gasteiger partial charge in [-0.1, -0.05) is 31.4 Å². The number of morpholine rings is 1. The zero-order chi connectivity index (χ0) is 25.4. The zero-order valence-corrected chi connectivity index (χ0v) is 21.8. The van der Waals surface area contributed by atoms with E-state index < -0.39 is 0 Å². The number of rotatable bonds is 8. The van der Waals surface area contributed by atoms with E-state index in [-0.39, 0.29) is 17.0 Å². The number of fused-ring (bicyclic) bond motifs is 1. The number of hydrogen-bond acceptors (Lipinski definition) is 5. The number of nitrogens with one attached hydrogen (secondary N) is 2. The lowest BCUT2D eigenvalue weighted by atomic mass is 9.98. The SMILES string of the molecule is C=C(CN1Cc2c(NCc3cc(CN4CC(C)(C)OC(C)(C)C4)ccc3F)cccc2C1=C)NC. The Morgan fingerprint density at radius 3 is 2.51 bits per heavy atom. The van der Waals surface area contributed by atoms with Gasteiger partial charge < -0.3 is 20.3 Å². The van der Waals surface area contributed by atoms with Crippen molar-refractivity contribution in [3.63, 3.8) is 0 Å². The van der Waals surface area contributed by atoms with Crippen molar-refractivity contribution in [3.05, 3.63) is 83.3 Å². The van der Waals surface area contributed by atoms with Crippen LogP contribution in [0.5, 0.6) is 0 Å². The van der Waals surface area contributed by atoms with Crippen molar-refractivity contribution in [2.75, 3.05) is 32.0 Å². The first-order valence-electron chi connectivity index (χ1n) is 12.3. The maximum absolute atomic E-state index is 14.8. The van der Waals surface area contributed by atoms with Crippen molar-refractivity contribution in [1.82, 2.24) is 15.1 Å². The summed E-state index contributed by atoms with van der Waals surface area (Å²) < 4.78 is 21.0. The first-order valence-corrected chi connectivity index (χ1v) is 12.3. The van der Waals surface area contributed by atoms with Gasteiger partial charge in [-0.05, 0) is 51.5 Å². The van der Waals surface area contributed by atoms with E-state index in [4.69, 9.17) is 4.74 Å². The molecule has 1 saturated heterocycles. The van der Waals surface area contributed by atoms with Gasteiger partial charge in [0.25, 0.3) is 0 Å². The molecule has 0 amide bonds. The molecular formula is C29H39FN4O. The van der Waals surface area contributed by atoms with Gasteiger partial charge in [0.05, 0.1) is 17.7 Å². The van der Waals surface area contributed by atoms with Crippen LogP contribution in [0.2, 0.25) is 0 Å². The molecule has 2 heterocycles. The molecule has 2 aliphatic heterocycles. The molecule has 35 heavy (non-hydrogen) atoms. The fourth-order valence-corrected chi connectivity index (χ4v) is 5.48. The predicted octanol–water partition coefficient (Wildman–Crippen LogP) is 5.35. The summed E-state index contributed by atoms with van der Waals surface area (Å²) in [5.74, 6) is -0.187. The van der Waals surface area contributed by atoms with Crippen LogP contribution >= 0.6 is 0 Å². The number of halogens is 1. The van der Waals surface area contributed by atoms with E-state index in [9.17, 15) is 4.39 Å². The van der Waals surface area contributed by atoms with E-state index >= 15 is 0 Å². The topological polar surface area (TPSA) is 39.8 Å². The Balaban J connectivity index is 1.46. The Kier molecular flexibility index (Phi) is 6.98. The number of hydrogen-bond donors (Lipinski definition) is 2. The van der Waals surface area contributed by atoms with Gasteiger partial charge in [0.2, 0.25) is 0 Å². The van der Waals surface area contributed by atoms with Crippen molar-refractivity contribution in [1.29, 1.82) is 0 Å². The molecule has 0 aliphatic carbocycles. The van der Waals surface area contributed by atoms with Gasteiger partial charge in [-0.25, -0.2) is 4.39 Å². The van der Waals surface area contributed by atoms with Crippen molar-refractivity contribution >= 4 is 11.4 Å². The summed E-state index contributed by atoms with van der Waals surface area (Å²) in [6.45, 7) is 21.2. The highest BCUT2D eigenvalue weighted by Gasteiger charge is 2.38. The van der Waals surface area contributed by atoms with Crippen LogP contribution in [0.25, 0.3) is 5.70 Å². The molecule has 0 aromatic heterocycles. The van der Waals surface area contributed by atoms with E-state index in [0.29, 0.717) is 18.7 Å². The Hall–Kier alpha value is -2.83. The molecular weight excluding hydrogens is 439 g/mol. The summed E-state index contributed by atoms with van der Waals surface area (Å²) in [4.78, 5) is 4.61. The highest BCUT2D eigenvalue weighted by Crippen LogP contribution is 2.36. The predicted molar refractivity (Wildman–Crippen MR) is 142 cm³/mol. The molecule has 2 N–H and O–H groups in total. The van der Waals surface area contributed by atoms with Crippen molar-refractivity contribution in [3.8, 4) is 0 Å². The molecule has 1 fully saturated rings. The second-order valence-corrected chi connectivity index (χ2v) is 11.0. The normalized spacial score (nSPS) is 18.9. The molecule has 188 valence electrons. The van der Waals surface area contributed by atoms with Crippen LogP contribution in [0, 0.1) is 5.82 Å². The van der Waals surface area contributed by atoms with Gasteiger partial charge in [-0.15, -0.1) is 0 Å². The van der Waals surface area contributed by atoms with Crippen molar-refractivity contribution < 1.29 is 9.13 Å². The largest absolute Gasteiger partial charge is 0.390 e. The number of benzene rings is 2. The Morgan fingerprint density at radius 1 is 1.11 bits per heavy atom. The number of ether oxygens (including phenoxy) is 1. The summed E-state index contributed by atoms with van der Waals surface area (Å²) in [6, 6.07) is 11.6. The van der Waals surface area contributed by atoms with Crippen LogP contribution in [0.15, 0.2) is 55.3 Å². The molecule has 4 rings (SSSR count). The Morgan fingerprint density at radius 2 is 1.83 bits per heavy atom. The second kappa shape index (κ2) is 9.67. The molecule has 0 bridgehead atoms. The Bertz CT molecular complexity index is 1110. The van der Waals surface area contributed by atoms with Crippen LogP contribution in [0.4, 0.5) is 10.1 Å². The van der Waals surface area contributed by atoms with E-state index in [2.05, 4.69) is 73.4 Å². The monoisotopic (exact) mass is 478 g/mol. The average Bonchev–Trinajstić information content (AvgIpc) is 3.07. The maximum Gasteiger partial charge on any atom is 0.128 e. The molecule has 0 atom stereocenters. The third kappa shape index (κ3) is 5.88. The maximum atomic E-state index is 14.8. The number of likely N-dealkylation sites (N-methyl/N-ethyl adjacent to an activating group) is 1. The summed E-state index contributed by atoms with van der Waals surface area (Å²) in [5.41, 5.74) is 6.63. The molecule has 0 spiro atoms. The third-order valence-electron chi connectivity index (χ3n) is 6.70. The van der Waals surface area contributed by atoms with Crippen LogP contribution in [-0.2, 0) is 24.4 Å². The van der Waals surface area contributed by atoms with Gasteiger partial charge in [-0.2, -0.15) is 0 Å².